The van der Waals surface area contributed by atoms with E-state index in [1.807, 2.05) is 72.4 Å². The van der Waals surface area contributed by atoms with Gasteiger partial charge in [-0.05, 0) is 119 Å². The molecule has 0 saturated carbocycles. The predicted octanol–water partition coefficient (Wildman–Crippen LogP) is 3.86. The average molecular weight is 1280 g/mol. The highest BCUT2D eigenvalue weighted by atomic mass is 19.4. The SMILES string of the molecule is CC[C@H](C)[C@@H]([C@@H](CC(=O)N1CCC[C@H]1[C@H](C)[C@@H](C)C(=O)NCC(=O)NCc1ccc(NC(=O)CC(CCNC(N)=O)CNC(=O)[C@@H](NC(=O)CCCN2CCC(C(N)=O)CC2C(F)(F)F)C(C)C)cc1)OC)N(C)C(=O)[C@@H](NC(=O)[C@H](C(C)C)N(C)C)C(C)C. The van der Waals surface area contributed by atoms with Gasteiger partial charge in [-0.3, -0.25) is 53.0 Å². The van der Waals surface area contributed by atoms with E-state index in [0.717, 1.165) is 6.42 Å². The second-order valence-corrected chi connectivity index (χ2v) is 25.9. The van der Waals surface area contributed by atoms with Gasteiger partial charge in [0.25, 0.3) is 0 Å². The molecule has 3 unspecified atom stereocenters. The first-order valence-corrected chi connectivity index (χ1v) is 31.8. The highest BCUT2D eigenvalue weighted by Crippen LogP contribution is 2.35. The minimum absolute atomic E-state index is 0.00557. The van der Waals surface area contributed by atoms with Crippen molar-refractivity contribution >= 4 is 64.9 Å². The van der Waals surface area contributed by atoms with E-state index in [-0.39, 0.29) is 131 Å². The van der Waals surface area contributed by atoms with E-state index >= 15 is 0 Å². The lowest BCUT2D eigenvalue weighted by atomic mass is 9.86. The molecule has 0 bridgehead atoms. The van der Waals surface area contributed by atoms with Gasteiger partial charge < -0.3 is 63.2 Å². The van der Waals surface area contributed by atoms with Crippen LogP contribution in [0.5, 0.6) is 0 Å². The number of nitrogens with two attached hydrogens (primary N) is 2. The molecule has 2 saturated heterocycles. The Kier molecular flexibility index (Phi) is 31.9. The number of alkyl halides is 3. The number of rotatable bonds is 36. The van der Waals surface area contributed by atoms with Crippen LogP contribution in [0.2, 0.25) is 0 Å². The lowest BCUT2D eigenvalue weighted by molar-refractivity contribution is -0.195. The summed E-state index contributed by atoms with van der Waals surface area (Å²) in [6.07, 6.45) is -3.37. The monoisotopic (exact) mass is 1280 g/mol. The number of hydrogen-bond donors (Lipinski definition) is 9. The smallest absolute Gasteiger partial charge is 0.379 e. The Morgan fingerprint density at radius 2 is 1.39 bits per heavy atom. The summed E-state index contributed by atoms with van der Waals surface area (Å²) >= 11 is 0. The Balaban J connectivity index is 1.53. The number of methoxy groups -OCH3 is 1. The summed E-state index contributed by atoms with van der Waals surface area (Å²) in [5.74, 6) is -6.65. The Labute approximate surface area is 530 Å². The molecule has 12 atom stereocenters. The van der Waals surface area contributed by atoms with Crippen LogP contribution in [-0.4, -0.2) is 195 Å². The molecule has 11 amide bonds. The molecule has 2 aliphatic rings. The summed E-state index contributed by atoms with van der Waals surface area (Å²) < 4.78 is 47.6. The topological polar surface area (TPSA) is 329 Å². The minimum atomic E-state index is -4.59. The van der Waals surface area contributed by atoms with Gasteiger partial charge in [0.1, 0.15) is 18.1 Å². The lowest BCUT2D eigenvalue weighted by Gasteiger charge is -2.41. The van der Waals surface area contributed by atoms with Crippen molar-refractivity contribution in [2.75, 3.05) is 72.8 Å². The molecule has 510 valence electrons. The van der Waals surface area contributed by atoms with E-state index < -0.39 is 108 Å². The standard InChI is InChI=1S/C63H106F3N13O11/c1-15-39(8)56(77(13)61(88)54(37(4)5)75-60(87)55(38(6)7)76(11)12)47(90-14)32-52(83)79-28-16-18-46(79)40(9)41(10)58(85)72-35-51(82)70-33-42-20-22-45(23-21-42)73-50(81)30-43(24-26-69-62(68)89)34-71-59(86)53(36(2)3)74-49(80)19-17-27-78-29-25-44(57(67)84)31-48(78)63(64,65)66/h20-23,36-41,43-44,46-48,53-56H,15-19,24-35H2,1-14H3,(H2,67,84)(H,70,82)(H,71,86)(H,72,85)(H,73,81)(H,74,80)(H,75,87)(H3,68,69,89)/t39-,40+,41+,43?,44?,46-,47+,48?,53-,54-,55-,56-/m0/s1. The molecule has 3 rings (SSSR count). The van der Waals surface area contributed by atoms with Crippen molar-refractivity contribution in [3.05, 3.63) is 29.8 Å². The van der Waals surface area contributed by atoms with Gasteiger partial charge in [-0.1, -0.05) is 87.8 Å². The van der Waals surface area contributed by atoms with Gasteiger partial charge in [-0.25, -0.2) is 4.79 Å². The fourth-order valence-corrected chi connectivity index (χ4v) is 12.3. The molecule has 27 heteroatoms. The van der Waals surface area contributed by atoms with E-state index in [4.69, 9.17) is 16.2 Å². The van der Waals surface area contributed by atoms with Gasteiger partial charge in [0.05, 0.1) is 31.2 Å². The van der Waals surface area contributed by atoms with Crippen molar-refractivity contribution < 1.29 is 65.9 Å². The summed E-state index contributed by atoms with van der Waals surface area (Å²) in [4.78, 5) is 138. The number of ether oxygens (including phenoxy) is 1. The van der Waals surface area contributed by atoms with Crippen LogP contribution in [0.1, 0.15) is 139 Å². The summed E-state index contributed by atoms with van der Waals surface area (Å²) in [5.41, 5.74) is 11.7. The van der Waals surface area contributed by atoms with Crippen LogP contribution in [0.4, 0.5) is 23.7 Å². The first-order valence-electron chi connectivity index (χ1n) is 31.8. The third-order valence-corrected chi connectivity index (χ3v) is 17.8. The zero-order valence-corrected chi connectivity index (χ0v) is 55.6. The van der Waals surface area contributed by atoms with Gasteiger partial charge in [0, 0.05) is 76.7 Å². The molecular formula is C63H106F3N13O11. The van der Waals surface area contributed by atoms with Crippen LogP contribution in [0.3, 0.4) is 0 Å². The van der Waals surface area contributed by atoms with Crippen molar-refractivity contribution in [1.82, 2.24) is 51.5 Å². The fraction of sp³-hybridized carbons (Fsp3) is 0.746. The maximum Gasteiger partial charge on any atom is 0.404 e. The normalized spacial score (nSPS) is 19.3. The molecule has 24 nitrogen and oxygen atoms in total. The molecule has 2 heterocycles. The molecule has 2 fully saturated rings. The first kappa shape index (κ1) is 77.6. The number of nitrogens with one attached hydrogen (secondary N) is 7. The van der Waals surface area contributed by atoms with Gasteiger partial charge in [-0.15, -0.1) is 0 Å². The molecule has 0 spiro atoms. The quantitative estimate of drug-likeness (QED) is 0.0462. The number of amides is 11. The number of piperidine rings is 1. The van der Waals surface area contributed by atoms with Gasteiger partial charge >= 0.3 is 12.2 Å². The number of primary amides is 2. The maximum absolute atomic E-state index is 14.3. The van der Waals surface area contributed by atoms with Crippen LogP contribution in [-0.2, 0) is 54.4 Å². The third kappa shape index (κ3) is 24.2. The molecule has 0 aliphatic carbocycles. The van der Waals surface area contributed by atoms with E-state index in [1.54, 1.807) is 57.0 Å². The summed E-state index contributed by atoms with van der Waals surface area (Å²) in [6, 6.07) is 1.02. The number of nitrogens with zero attached hydrogens (tertiary/aromatic N) is 4. The number of likely N-dealkylation sites (N-methyl/N-ethyl adjacent to an activating group) is 2. The molecule has 1 aromatic rings. The number of anilines is 1. The summed E-state index contributed by atoms with van der Waals surface area (Å²) in [7, 11) is 6.91. The number of carbonyl (C=O) groups is 10. The predicted molar refractivity (Wildman–Crippen MR) is 336 cm³/mol. The number of likely N-dealkylation sites (tertiary alicyclic amines) is 2. The second-order valence-electron chi connectivity index (χ2n) is 25.9. The Hall–Kier alpha value is -6.61. The maximum atomic E-state index is 14.3. The van der Waals surface area contributed by atoms with Gasteiger partial charge in [0.15, 0.2) is 0 Å². The molecule has 1 aromatic carbocycles. The van der Waals surface area contributed by atoms with Crippen LogP contribution >= 0.6 is 0 Å². The number of benzene rings is 1. The van der Waals surface area contributed by atoms with Crippen molar-refractivity contribution in [1.29, 1.82) is 0 Å². The Bertz CT molecular complexity index is 2530. The zero-order chi connectivity index (χ0) is 67.9. The highest BCUT2D eigenvalue weighted by molar-refractivity contribution is 5.92. The Morgan fingerprint density at radius 1 is 0.744 bits per heavy atom. The van der Waals surface area contributed by atoms with Crippen molar-refractivity contribution in [3.8, 4) is 0 Å². The summed E-state index contributed by atoms with van der Waals surface area (Å²) in [5, 5.41) is 19.3. The van der Waals surface area contributed by atoms with Crippen LogP contribution in [0.15, 0.2) is 24.3 Å². The molecule has 90 heavy (non-hydrogen) atoms. The zero-order valence-electron chi connectivity index (χ0n) is 55.6. The van der Waals surface area contributed by atoms with Crippen molar-refractivity contribution in [3.63, 3.8) is 0 Å². The number of hydrogen-bond acceptors (Lipinski definition) is 13. The van der Waals surface area contributed by atoms with Crippen molar-refractivity contribution in [2.24, 2.45) is 58.8 Å². The number of urea groups is 1. The van der Waals surface area contributed by atoms with E-state index in [0.29, 0.717) is 30.6 Å². The largest absolute Gasteiger partial charge is 0.404 e. The average Bonchev–Trinajstić information content (AvgIpc) is 1.26. The van der Waals surface area contributed by atoms with E-state index in [9.17, 15) is 61.1 Å². The van der Waals surface area contributed by atoms with Crippen molar-refractivity contribution in [2.45, 2.75) is 189 Å². The van der Waals surface area contributed by atoms with E-state index in [1.165, 1.54) is 12.0 Å². The molecule has 0 radical (unpaired) electrons. The minimum Gasteiger partial charge on any atom is -0.379 e. The van der Waals surface area contributed by atoms with E-state index in [2.05, 4.69) is 37.2 Å². The molecular weight excluding hydrogens is 1170 g/mol. The third-order valence-electron chi connectivity index (χ3n) is 17.8. The number of carbonyl (C=O) groups excluding carboxylic acids is 10. The first-order chi connectivity index (χ1) is 42.1. The second kappa shape index (κ2) is 37.0. The van der Waals surface area contributed by atoms with Crippen LogP contribution in [0.25, 0.3) is 0 Å². The Morgan fingerprint density at radius 3 is 1.94 bits per heavy atom. The van der Waals surface area contributed by atoms with Crippen LogP contribution < -0.4 is 48.7 Å². The molecule has 2 aliphatic heterocycles. The molecule has 0 aromatic heterocycles. The molecule has 11 N–H and O–H groups in total. The lowest BCUT2D eigenvalue weighted by Crippen LogP contribution is -2.59. The highest BCUT2D eigenvalue weighted by Gasteiger charge is 2.48. The summed E-state index contributed by atoms with van der Waals surface area (Å²) in [6.45, 7) is 19.1. The van der Waals surface area contributed by atoms with Gasteiger partial charge in [0.2, 0.25) is 53.2 Å². The van der Waals surface area contributed by atoms with Crippen LogP contribution in [0, 0.1) is 47.3 Å². The van der Waals surface area contributed by atoms with Gasteiger partial charge in [-0.2, -0.15) is 13.2 Å². The number of halogens is 3. The fourth-order valence-electron chi connectivity index (χ4n) is 12.3.